The first-order valence-electron chi connectivity index (χ1n) is 7.25. The van der Waals surface area contributed by atoms with Crippen molar-refractivity contribution in [1.29, 1.82) is 0 Å². The van der Waals surface area contributed by atoms with Gasteiger partial charge in [0, 0.05) is 37.8 Å². The van der Waals surface area contributed by atoms with Gasteiger partial charge < -0.3 is 9.47 Å². The van der Waals surface area contributed by atoms with Gasteiger partial charge in [0.2, 0.25) is 0 Å². The van der Waals surface area contributed by atoms with Crippen LogP contribution in [0.2, 0.25) is 5.02 Å². The van der Waals surface area contributed by atoms with E-state index in [9.17, 15) is 0 Å². The van der Waals surface area contributed by atoms with Gasteiger partial charge in [0.05, 0.1) is 18.2 Å². The Bertz CT molecular complexity index is 453. The lowest BCUT2D eigenvalue weighted by atomic mass is 9.89. The molecule has 5 heteroatoms. The van der Waals surface area contributed by atoms with Crippen LogP contribution >= 0.6 is 11.6 Å². The summed E-state index contributed by atoms with van der Waals surface area (Å²) < 4.78 is 11.6. The average molecular weight is 297 g/mol. The minimum atomic E-state index is -0.272. The first kappa shape index (κ1) is 14.3. The minimum Gasteiger partial charge on any atom is -0.348 e. The van der Waals surface area contributed by atoms with Gasteiger partial charge in [0.1, 0.15) is 0 Å². The summed E-state index contributed by atoms with van der Waals surface area (Å²) in [7, 11) is 2.16. The van der Waals surface area contributed by atoms with E-state index in [-0.39, 0.29) is 5.79 Å². The second-order valence-electron chi connectivity index (χ2n) is 5.72. The number of nitrogens with zero attached hydrogens (tertiary/aromatic N) is 2. The fraction of sp³-hybridized carbons (Fsp3) is 0.667. The third-order valence-electron chi connectivity index (χ3n) is 4.43. The summed E-state index contributed by atoms with van der Waals surface area (Å²) in [5.41, 5.74) is 1.14. The largest absolute Gasteiger partial charge is 0.348 e. The van der Waals surface area contributed by atoms with Gasteiger partial charge in [-0.2, -0.15) is 0 Å². The molecule has 1 aliphatic heterocycles. The SMILES string of the molecule is CN(Cc1ccncc1Cl)C1CCC2(CC1)OCCO2. The summed E-state index contributed by atoms with van der Waals surface area (Å²) in [4.78, 5) is 6.41. The molecule has 1 saturated carbocycles. The Balaban J connectivity index is 1.56. The first-order chi connectivity index (χ1) is 9.69. The highest BCUT2D eigenvalue weighted by Crippen LogP contribution is 2.37. The Morgan fingerprint density at radius 3 is 2.70 bits per heavy atom. The number of hydrogen-bond donors (Lipinski definition) is 0. The highest BCUT2D eigenvalue weighted by atomic mass is 35.5. The molecule has 2 heterocycles. The standard InChI is InChI=1S/C15H21ClN2O2/c1-18(11-12-4-7-17-10-14(12)16)13-2-5-15(6-3-13)19-8-9-20-15/h4,7,10,13H,2-3,5-6,8-9,11H2,1H3. The number of rotatable bonds is 3. The highest BCUT2D eigenvalue weighted by Gasteiger charge is 2.40. The minimum absolute atomic E-state index is 0.272. The van der Waals surface area contributed by atoms with E-state index in [0.29, 0.717) is 6.04 Å². The second-order valence-corrected chi connectivity index (χ2v) is 6.13. The molecule has 0 N–H and O–H groups in total. The summed E-state index contributed by atoms with van der Waals surface area (Å²) in [6, 6.07) is 2.56. The molecule has 0 atom stereocenters. The molecule has 20 heavy (non-hydrogen) atoms. The van der Waals surface area contributed by atoms with Crippen molar-refractivity contribution in [3.8, 4) is 0 Å². The molecule has 110 valence electrons. The molecular formula is C15H21ClN2O2. The van der Waals surface area contributed by atoms with Crippen LogP contribution < -0.4 is 0 Å². The van der Waals surface area contributed by atoms with Gasteiger partial charge in [-0.1, -0.05) is 11.6 Å². The van der Waals surface area contributed by atoms with Crippen LogP contribution in [0.4, 0.5) is 0 Å². The molecule has 4 nitrogen and oxygen atoms in total. The van der Waals surface area contributed by atoms with Crippen LogP contribution in [0, 0.1) is 0 Å². The molecule has 1 aromatic heterocycles. The molecule has 2 fully saturated rings. The van der Waals surface area contributed by atoms with Crippen LogP contribution in [0.5, 0.6) is 0 Å². The van der Waals surface area contributed by atoms with E-state index >= 15 is 0 Å². The van der Waals surface area contributed by atoms with E-state index < -0.39 is 0 Å². The number of ether oxygens (including phenoxy) is 2. The monoisotopic (exact) mass is 296 g/mol. The molecule has 0 amide bonds. The smallest absolute Gasteiger partial charge is 0.168 e. The van der Waals surface area contributed by atoms with Gasteiger partial charge in [-0.3, -0.25) is 9.88 Å². The van der Waals surface area contributed by atoms with E-state index in [0.717, 1.165) is 56.0 Å². The molecule has 0 radical (unpaired) electrons. The van der Waals surface area contributed by atoms with Crippen molar-refractivity contribution in [3.63, 3.8) is 0 Å². The van der Waals surface area contributed by atoms with Gasteiger partial charge in [-0.25, -0.2) is 0 Å². The van der Waals surface area contributed by atoms with Crippen LogP contribution in [0.3, 0.4) is 0 Å². The van der Waals surface area contributed by atoms with Gasteiger partial charge in [0.15, 0.2) is 5.79 Å². The van der Waals surface area contributed by atoms with Crippen molar-refractivity contribution >= 4 is 11.6 Å². The zero-order valence-electron chi connectivity index (χ0n) is 11.8. The van der Waals surface area contributed by atoms with Gasteiger partial charge in [-0.15, -0.1) is 0 Å². The maximum Gasteiger partial charge on any atom is 0.168 e. The third-order valence-corrected chi connectivity index (χ3v) is 4.77. The van der Waals surface area contributed by atoms with Crippen molar-refractivity contribution in [2.45, 2.75) is 44.1 Å². The molecule has 1 saturated heterocycles. The van der Waals surface area contributed by atoms with E-state index in [1.165, 1.54) is 0 Å². The van der Waals surface area contributed by atoms with Crippen molar-refractivity contribution in [2.24, 2.45) is 0 Å². The zero-order chi connectivity index (χ0) is 14.0. The zero-order valence-corrected chi connectivity index (χ0v) is 12.6. The summed E-state index contributed by atoms with van der Waals surface area (Å²) in [6.07, 6.45) is 7.71. The van der Waals surface area contributed by atoms with Crippen molar-refractivity contribution < 1.29 is 9.47 Å². The summed E-state index contributed by atoms with van der Waals surface area (Å²) in [6.45, 7) is 2.35. The number of aromatic nitrogens is 1. The molecule has 1 aromatic rings. The lowest BCUT2D eigenvalue weighted by Crippen LogP contribution is -2.42. The predicted molar refractivity (Wildman–Crippen MR) is 77.6 cm³/mol. The fourth-order valence-electron chi connectivity index (χ4n) is 3.20. The van der Waals surface area contributed by atoms with Crippen LogP contribution in [0.15, 0.2) is 18.5 Å². The van der Waals surface area contributed by atoms with E-state index in [2.05, 4.69) is 16.9 Å². The maximum absolute atomic E-state index is 6.18. The fourth-order valence-corrected chi connectivity index (χ4v) is 3.38. The van der Waals surface area contributed by atoms with Crippen molar-refractivity contribution in [3.05, 3.63) is 29.0 Å². The summed E-state index contributed by atoms with van der Waals surface area (Å²) >= 11 is 6.18. The molecule has 0 aromatic carbocycles. The van der Waals surface area contributed by atoms with Gasteiger partial charge >= 0.3 is 0 Å². The molecule has 0 unspecified atom stereocenters. The summed E-state index contributed by atoms with van der Waals surface area (Å²) in [5.74, 6) is -0.272. The second kappa shape index (κ2) is 5.98. The summed E-state index contributed by atoms with van der Waals surface area (Å²) in [5, 5.41) is 0.745. The Morgan fingerprint density at radius 1 is 1.35 bits per heavy atom. The van der Waals surface area contributed by atoms with E-state index in [1.54, 1.807) is 12.4 Å². The van der Waals surface area contributed by atoms with Crippen molar-refractivity contribution in [1.82, 2.24) is 9.88 Å². The highest BCUT2D eigenvalue weighted by molar-refractivity contribution is 6.31. The lowest BCUT2D eigenvalue weighted by molar-refractivity contribution is -0.183. The normalized spacial score (nSPS) is 22.8. The van der Waals surface area contributed by atoms with E-state index in [4.69, 9.17) is 21.1 Å². The molecule has 0 bridgehead atoms. The van der Waals surface area contributed by atoms with Crippen LogP contribution in [0.25, 0.3) is 0 Å². The Labute approximate surface area is 125 Å². The van der Waals surface area contributed by atoms with Crippen LogP contribution in [-0.4, -0.2) is 42.0 Å². The number of hydrogen-bond acceptors (Lipinski definition) is 4. The van der Waals surface area contributed by atoms with Crippen LogP contribution in [-0.2, 0) is 16.0 Å². The first-order valence-corrected chi connectivity index (χ1v) is 7.63. The van der Waals surface area contributed by atoms with Crippen LogP contribution in [0.1, 0.15) is 31.2 Å². The van der Waals surface area contributed by atoms with Gasteiger partial charge in [0.25, 0.3) is 0 Å². The van der Waals surface area contributed by atoms with E-state index in [1.807, 2.05) is 6.07 Å². The Kier molecular flexibility index (Phi) is 4.26. The average Bonchev–Trinajstić information content (AvgIpc) is 2.90. The van der Waals surface area contributed by atoms with Crippen molar-refractivity contribution in [2.75, 3.05) is 20.3 Å². The number of halogens is 1. The maximum atomic E-state index is 6.18. The molecular weight excluding hydrogens is 276 g/mol. The topological polar surface area (TPSA) is 34.6 Å². The molecule has 2 aliphatic rings. The quantitative estimate of drug-likeness (QED) is 0.859. The number of pyridine rings is 1. The molecule has 3 rings (SSSR count). The Hall–Kier alpha value is -0.680. The Morgan fingerprint density at radius 2 is 2.05 bits per heavy atom. The molecule has 1 spiro atoms. The predicted octanol–water partition coefficient (Wildman–Crippen LogP) is 2.85. The lowest BCUT2D eigenvalue weighted by Gasteiger charge is -2.39. The third kappa shape index (κ3) is 2.98. The van der Waals surface area contributed by atoms with Gasteiger partial charge in [-0.05, 0) is 31.5 Å². The molecule has 1 aliphatic carbocycles.